The molecular formula is C24H21F3N4O2. The van der Waals surface area contributed by atoms with E-state index in [1.807, 2.05) is 12.1 Å². The number of halogens is 3. The average molecular weight is 454 g/mol. The Morgan fingerprint density at radius 1 is 0.970 bits per heavy atom. The first-order valence-electron chi connectivity index (χ1n) is 10.1. The van der Waals surface area contributed by atoms with Crippen molar-refractivity contribution in [1.82, 2.24) is 14.6 Å². The van der Waals surface area contributed by atoms with Gasteiger partial charge in [0.1, 0.15) is 5.75 Å². The molecule has 0 saturated carbocycles. The van der Waals surface area contributed by atoms with Gasteiger partial charge in [0, 0.05) is 11.6 Å². The maximum atomic E-state index is 12.9. The van der Waals surface area contributed by atoms with Crippen LogP contribution in [0.3, 0.4) is 0 Å². The van der Waals surface area contributed by atoms with Crippen LogP contribution in [0.15, 0.2) is 66.9 Å². The zero-order chi connectivity index (χ0) is 23.8. The number of hydrogen-bond donors (Lipinski definition) is 1. The van der Waals surface area contributed by atoms with Gasteiger partial charge >= 0.3 is 6.18 Å². The molecule has 4 rings (SSSR count). The molecule has 0 atom stereocenters. The minimum absolute atomic E-state index is 0.00372. The molecule has 0 unspecified atom stereocenters. The van der Waals surface area contributed by atoms with Gasteiger partial charge in [0.15, 0.2) is 11.5 Å². The number of benzene rings is 2. The second-order valence-electron chi connectivity index (χ2n) is 8.51. The number of imidazole rings is 1. The number of rotatable bonds is 4. The Morgan fingerprint density at radius 3 is 2.36 bits per heavy atom. The lowest BCUT2D eigenvalue weighted by Gasteiger charge is -2.18. The van der Waals surface area contributed by atoms with E-state index in [-0.39, 0.29) is 28.8 Å². The van der Waals surface area contributed by atoms with Crippen LogP contribution in [0.25, 0.3) is 5.65 Å². The van der Waals surface area contributed by atoms with Gasteiger partial charge < -0.3 is 10.1 Å². The third-order valence-corrected chi connectivity index (χ3v) is 4.93. The quantitative estimate of drug-likeness (QED) is 0.405. The zero-order valence-corrected chi connectivity index (χ0v) is 18.1. The van der Waals surface area contributed by atoms with Crippen LogP contribution in [0.1, 0.15) is 42.3 Å². The predicted molar refractivity (Wildman–Crippen MR) is 118 cm³/mol. The number of alkyl halides is 3. The van der Waals surface area contributed by atoms with Crippen molar-refractivity contribution in [3.05, 3.63) is 83.6 Å². The van der Waals surface area contributed by atoms with E-state index in [4.69, 9.17) is 4.74 Å². The SMILES string of the molecule is CC(C)(C)c1ccc(C(=O)Nc2cn3nc(Oc4cccc(C(F)(F)F)c4)ccc3n2)cc1. The number of hydrogen-bond acceptors (Lipinski definition) is 4. The Balaban J connectivity index is 1.50. The van der Waals surface area contributed by atoms with Crippen molar-refractivity contribution in [1.29, 1.82) is 0 Å². The number of carbonyl (C=O) groups is 1. The largest absolute Gasteiger partial charge is 0.438 e. The van der Waals surface area contributed by atoms with Crippen LogP contribution < -0.4 is 10.1 Å². The summed E-state index contributed by atoms with van der Waals surface area (Å²) in [6.45, 7) is 6.28. The number of aromatic nitrogens is 3. The first-order valence-corrected chi connectivity index (χ1v) is 10.1. The molecule has 1 N–H and O–H groups in total. The molecule has 0 spiro atoms. The number of nitrogens with zero attached hydrogens (tertiary/aromatic N) is 3. The molecule has 2 aromatic carbocycles. The second-order valence-corrected chi connectivity index (χ2v) is 8.51. The first-order chi connectivity index (χ1) is 15.5. The van der Waals surface area contributed by atoms with Crippen LogP contribution in [0, 0.1) is 0 Å². The fourth-order valence-corrected chi connectivity index (χ4v) is 3.15. The summed E-state index contributed by atoms with van der Waals surface area (Å²) in [5.41, 5.74) is 1.20. The summed E-state index contributed by atoms with van der Waals surface area (Å²) in [4.78, 5) is 16.9. The summed E-state index contributed by atoms with van der Waals surface area (Å²) in [5, 5.41) is 6.92. The smallest absolute Gasteiger partial charge is 0.416 e. The molecule has 6 nitrogen and oxygen atoms in total. The highest BCUT2D eigenvalue weighted by molar-refractivity contribution is 6.03. The van der Waals surface area contributed by atoms with Crippen molar-refractivity contribution in [2.45, 2.75) is 32.4 Å². The van der Waals surface area contributed by atoms with Gasteiger partial charge in [-0.25, -0.2) is 9.50 Å². The molecule has 0 bridgehead atoms. The summed E-state index contributed by atoms with van der Waals surface area (Å²) < 4.78 is 45.5. The molecule has 0 fully saturated rings. The third kappa shape index (κ3) is 5.14. The van der Waals surface area contributed by atoms with Crippen LogP contribution in [-0.4, -0.2) is 20.5 Å². The monoisotopic (exact) mass is 454 g/mol. The summed E-state index contributed by atoms with van der Waals surface area (Å²) >= 11 is 0. The molecular weight excluding hydrogens is 433 g/mol. The highest BCUT2D eigenvalue weighted by Crippen LogP contribution is 2.32. The molecule has 0 aliphatic rings. The van der Waals surface area contributed by atoms with E-state index in [0.717, 1.165) is 17.7 Å². The molecule has 0 saturated heterocycles. The molecule has 2 aromatic heterocycles. The number of fused-ring (bicyclic) bond motifs is 1. The number of nitrogens with one attached hydrogen (secondary N) is 1. The van der Waals surface area contributed by atoms with E-state index in [9.17, 15) is 18.0 Å². The number of amides is 1. The van der Waals surface area contributed by atoms with E-state index in [2.05, 4.69) is 36.2 Å². The predicted octanol–water partition coefficient (Wildman–Crippen LogP) is 6.09. The second kappa shape index (κ2) is 8.23. The van der Waals surface area contributed by atoms with Crippen molar-refractivity contribution >= 4 is 17.4 Å². The van der Waals surface area contributed by atoms with Gasteiger partial charge in [0.05, 0.1) is 11.8 Å². The third-order valence-electron chi connectivity index (χ3n) is 4.93. The summed E-state index contributed by atoms with van der Waals surface area (Å²) in [5.74, 6) is 0.0433. The maximum absolute atomic E-state index is 12.9. The fourth-order valence-electron chi connectivity index (χ4n) is 3.15. The fraction of sp³-hybridized carbons (Fsp3) is 0.208. The Hall–Kier alpha value is -3.88. The van der Waals surface area contributed by atoms with Crippen molar-refractivity contribution in [3.63, 3.8) is 0 Å². The molecule has 170 valence electrons. The maximum Gasteiger partial charge on any atom is 0.416 e. The number of anilines is 1. The van der Waals surface area contributed by atoms with Crippen LogP contribution >= 0.6 is 0 Å². The lowest BCUT2D eigenvalue weighted by molar-refractivity contribution is -0.137. The molecule has 2 heterocycles. The highest BCUT2D eigenvalue weighted by atomic mass is 19.4. The number of ether oxygens (including phenoxy) is 1. The Morgan fingerprint density at radius 2 is 1.70 bits per heavy atom. The minimum atomic E-state index is -4.47. The molecule has 33 heavy (non-hydrogen) atoms. The summed E-state index contributed by atoms with van der Waals surface area (Å²) in [6, 6.07) is 14.9. The van der Waals surface area contributed by atoms with Gasteiger partial charge in [0.2, 0.25) is 5.88 Å². The van der Waals surface area contributed by atoms with E-state index in [1.165, 1.54) is 28.9 Å². The van der Waals surface area contributed by atoms with Gasteiger partial charge in [-0.2, -0.15) is 13.2 Å². The van der Waals surface area contributed by atoms with Gasteiger partial charge in [-0.1, -0.05) is 39.0 Å². The molecule has 0 aliphatic heterocycles. The van der Waals surface area contributed by atoms with Crippen LogP contribution in [0.4, 0.5) is 19.0 Å². The van der Waals surface area contributed by atoms with Crippen LogP contribution in [-0.2, 0) is 11.6 Å². The topological polar surface area (TPSA) is 68.5 Å². The Kier molecular flexibility index (Phi) is 5.57. The van der Waals surface area contributed by atoms with E-state index in [1.54, 1.807) is 18.2 Å². The lowest BCUT2D eigenvalue weighted by Crippen LogP contribution is -2.14. The van der Waals surface area contributed by atoms with Crippen molar-refractivity contribution < 1.29 is 22.7 Å². The first kappa shape index (κ1) is 22.3. The molecule has 9 heteroatoms. The van der Waals surface area contributed by atoms with Crippen molar-refractivity contribution in [2.75, 3.05) is 5.32 Å². The molecule has 0 radical (unpaired) electrons. The standard InChI is InChI=1S/C24H21F3N4O2/c1-23(2,3)16-9-7-15(8-10-16)22(32)29-19-14-31-20(28-19)11-12-21(30-31)33-18-6-4-5-17(13-18)24(25,26)27/h4-14H,1-3H3,(H,29,32). The molecule has 1 amide bonds. The highest BCUT2D eigenvalue weighted by Gasteiger charge is 2.30. The van der Waals surface area contributed by atoms with Gasteiger partial charge in [-0.05, 0) is 47.4 Å². The molecule has 4 aromatic rings. The lowest BCUT2D eigenvalue weighted by atomic mass is 9.87. The number of carbonyl (C=O) groups excluding carboxylic acids is 1. The summed E-state index contributed by atoms with van der Waals surface area (Å²) in [6.07, 6.45) is -2.98. The van der Waals surface area contributed by atoms with E-state index in [0.29, 0.717) is 11.2 Å². The molecule has 0 aliphatic carbocycles. The van der Waals surface area contributed by atoms with Gasteiger partial charge in [-0.15, -0.1) is 5.10 Å². The van der Waals surface area contributed by atoms with Crippen LogP contribution in [0.5, 0.6) is 11.6 Å². The van der Waals surface area contributed by atoms with Crippen molar-refractivity contribution in [3.8, 4) is 11.6 Å². The van der Waals surface area contributed by atoms with E-state index >= 15 is 0 Å². The Labute approximate surface area is 188 Å². The minimum Gasteiger partial charge on any atom is -0.438 e. The zero-order valence-electron chi connectivity index (χ0n) is 18.1. The van der Waals surface area contributed by atoms with Gasteiger partial charge in [-0.3, -0.25) is 4.79 Å². The van der Waals surface area contributed by atoms with Crippen LogP contribution in [0.2, 0.25) is 0 Å². The van der Waals surface area contributed by atoms with Gasteiger partial charge in [0.25, 0.3) is 5.91 Å². The average Bonchev–Trinajstić information content (AvgIpc) is 3.14. The van der Waals surface area contributed by atoms with E-state index < -0.39 is 11.7 Å². The van der Waals surface area contributed by atoms with Crippen molar-refractivity contribution in [2.24, 2.45) is 0 Å². The normalized spacial score (nSPS) is 12.1. The summed E-state index contributed by atoms with van der Waals surface area (Å²) in [7, 11) is 0. The Bertz CT molecular complexity index is 1310.